The molecule has 2 amide bonds. The Balaban J connectivity index is 1.99. The summed E-state index contributed by atoms with van der Waals surface area (Å²) in [5.74, 6) is -0.504. The van der Waals surface area contributed by atoms with E-state index in [-0.39, 0.29) is 11.8 Å². The molecular formula is C26H32N2O4. The van der Waals surface area contributed by atoms with Crippen molar-refractivity contribution < 1.29 is 19.1 Å². The number of amides is 2. The Kier molecular flexibility index (Phi) is 8.20. The van der Waals surface area contributed by atoms with Gasteiger partial charge in [-0.05, 0) is 42.5 Å². The number of benzene rings is 2. The molecule has 6 nitrogen and oxygen atoms in total. The number of carbonyl (C=O) groups is 2. The van der Waals surface area contributed by atoms with Crippen molar-refractivity contribution in [2.45, 2.75) is 20.3 Å². The molecule has 32 heavy (non-hydrogen) atoms. The minimum Gasteiger partial charge on any atom is -0.383 e. The second kappa shape index (κ2) is 11.1. The van der Waals surface area contributed by atoms with Gasteiger partial charge in [0.25, 0.3) is 11.8 Å². The van der Waals surface area contributed by atoms with Gasteiger partial charge in [-0.15, -0.1) is 0 Å². The quantitative estimate of drug-likeness (QED) is 0.506. The van der Waals surface area contributed by atoms with Crippen molar-refractivity contribution in [3.63, 3.8) is 0 Å². The molecule has 0 aliphatic carbocycles. The van der Waals surface area contributed by atoms with Crippen molar-refractivity contribution in [2.75, 3.05) is 47.1 Å². The molecule has 6 heteroatoms. The highest BCUT2D eigenvalue weighted by Crippen LogP contribution is 2.32. The summed E-state index contributed by atoms with van der Waals surface area (Å²) in [6, 6.07) is 15.8. The molecule has 1 aliphatic rings. The molecule has 0 atom stereocenters. The van der Waals surface area contributed by atoms with Crippen LogP contribution >= 0.6 is 0 Å². The van der Waals surface area contributed by atoms with E-state index in [9.17, 15) is 9.59 Å². The fraction of sp³-hybridized carbons (Fsp3) is 0.385. The van der Waals surface area contributed by atoms with Gasteiger partial charge in [0, 0.05) is 33.9 Å². The molecule has 2 aromatic carbocycles. The van der Waals surface area contributed by atoms with Gasteiger partial charge < -0.3 is 14.4 Å². The highest BCUT2D eigenvalue weighted by atomic mass is 16.5. The van der Waals surface area contributed by atoms with Crippen LogP contribution in [-0.2, 0) is 25.5 Å². The van der Waals surface area contributed by atoms with E-state index in [1.165, 1.54) is 4.90 Å². The summed E-state index contributed by atoms with van der Waals surface area (Å²) in [6.45, 7) is 6.26. The molecular weight excluding hydrogens is 404 g/mol. The fourth-order valence-corrected chi connectivity index (χ4v) is 3.84. The normalized spacial score (nSPS) is 13.9. The topological polar surface area (TPSA) is 59.1 Å². The summed E-state index contributed by atoms with van der Waals surface area (Å²) in [6.07, 6.45) is 0.613. The van der Waals surface area contributed by atoms with Crippen LogP contribution < -0.4 is 0 Å². The van der Waals surface area contributed by atoms with Crippen LogP contribution in [0, 0.1) is 13.8 Å². The van der Waals surface area contributed by atoms with Crippen molar-refractivity contribution >= 4 is 17.4 Å². The van der Waals surface area contributed by atoms with Gasteiger partial charge in [0.05, 0.1) is 18.8 Å². The number of imide groups is 1. The lowest BCUT2D eigenvalue weighted by molar-refractivity contribution is -0.137. The third-order valence-electron chi connectivity index (χ3n) is 5.85. The third kappa shape index (κ3) is 5.26. The van der Waals surface area contributed by atoms with Crippen molar-refractivity contribution in [3.05, 3.63) is 76.5 Å². The summed E-state index contributed by atoms with van der Waals surface area (Å²) in [5.41, 5.74) is 4.97. The second-order valence-corrected chi connectivity index (χ2v) is 7.99. The SMILES string of the molecule is COCCN(CCOC)C1=C(c2ccc(C)c(C)c2)C(=O)N(CCc2ccccc2)C1=O. The van der Waals surface area contributed by atoms with Crippen LogP contribution in [0.3, 0.4) is 0 Å². The van der Waals surface area contributed by atoms with E-state index >= 15 is 0 Å². The molecule has 170 valence electrons. The summed E-state index contributed by atoms with van der Waals surface area (Å²) >= 11 is 0. The Morgan fingerprint density at radius 1 is 0.844 bits per heavy atom. The molecule has 0 radical (unpaired) electrons. The first-order valence-corrected chi connectivity index (χ1v) is 10.9. The monoisotopic (exact) mass is 436 g/mol. The van der Waals surface area contributed by atoms with Crippen molar-refractivity contribution in [1.29, 1.82) is 0 Å². The van der Waals surface area contributed by atoms with E-state index in [1.807, 2.05) is 67.3 Å². The van der Waals surface area contributed by atoms with Gasteiger partial charge in [0.2, 0.25) is 0 Å². The number of rotatable bonds is 11. The van der Waals surface area contributed by atoms with Gasteiger partial charge in [-0.2, -0.15) is 0 Å². The molecule has 0 bridgehead atoms. The zero-order valence-corrected chi connectivity index (χ0v) is 19.4. The van der Waals surface area contributed by atoms with Crippen LogP contribution in [0.15, 0.2) is 54.2 Å². The van der Waals surface area contributed by atoms with Crippen LogP contribution in [0.25, 0.3) is 5.57 Å². The summed E-state index contributed by atoms with van der Waals surface area (Å²) in [4.78, 5) is 30.4. The largest absolute Gasteiger partial charge is 0.383 e. The Morgan fingerprint density at radius 3 is 2.09 bits per heavy atom. The Hall–Kier alpha value is -2.96. The first-order chi connectivity index (χ1) is 15.5. The molecule has 0 N–H and O–H groups in total. The molecule has 0 saturated carbocycles. The van der Waals surface area contributed by atoms with Crippen LogP contribution in [0.4, 0.5) is 0 Å². The van der Waals surface area contributed by atoms with Crippen LogP contribution in [0.1, 0.15) is 22.3 Å². The average molecular weight is 437 g/mol. The van der Waals surface area contributed by atoms with E-state index in [1.54, 1.807) is 14.2 Å². The number of hydrogen-bond acceptors (Lipinski definition) is 5. The van der Waals surface area contributed by atoms with Crippen LogP contribution in [-0.4, -0.2) is 68.7 Å². The Bertz CT molecular complexity index is 977. The summed E-state index contributed by atoms with van der Waals surface area (Å²) < 4.78 is 10.5. The van der Waals surface area contributed by atoms with Crippen LogP contribution in [0.2, 0.25) is 0 Å². The van der Waals surface area contributed by atoms with Gasteiger partial charge >= 0.3 is 0 Å². The molecule has 0 spiro atoms. The third-order valence-corrected chi connectivity index (χ3v) is 5.85. The lowest BCUT2D eigenvalue weighted by atomic mass is 9.99. The van der Waals surface area contributed by atoms with Crippen molar-refractivity contribution in [2.24, 2.45) is 0 Å². The predicted molar refractivity (Wildman–Crippen MR) is 125 cm³/mol. The zero-order chi connectivity index (χ0) is 23.1. The van der Waals surface area contributed by atoms with E-state index in [4.69, 9.17) is 9.47 Å². The minimum atomic E-state index is -0.258. The van der Waals surface area contributed by atoms with Crippen molar-refractivity contribution in [3.8, 4) is 0 Å². The standard InChI is InChI=1S/C26H32N2O4/c1-19-10-11-22(18-20(19)2)23-24(27(14-16-31-3)15-17-32-4)26(30)28(25(23)29)13-12-21-8-6-5-7-9-21/h5-11,18H,12-17H2,1-4H3. The van der Waals surface area contributed by atoms with Crippen molar-refractivity contribution in [1.82, 2.24) is 9.80 Å². The van der Waals surface area contributed by atoms with Crippen LogP contribution in [0.5, 0.6) is 0 Å². The molecule has 0 fully saturated rings. The minimum absolute atomic E-state index is 0.246. The van der Waals surface area contributed by atoms with Gasteiger partial charge in [0.15, 0.2) is 0 Å². The van der Waals surface area contributed by atoms with E-state index in [2.05, 4.69) is 0 Å². The smallest absolute Gasteiger partial charge is 0.277 e. The molecule has 0 aromatic heterocycles. The Labute approximate surface area is 190 Å². The zero-order valence-electron chi connectivity index (χ0n) is 19.4. The highest BCUT2D eigenvalue weighted by molar-refractivity contribution is 6.35. The van der Waals surface area contributed by atoms with Gasteiger partial charge in [-0.3, -0.25) is 14.5 Å². The number of aryl methyl sites for hydroxylation is 2. The lowest BCUT2D eigenvalue weighted by Crippen LogP contribution is -2.38. The van der Waals surface area contributed by atoms with E-state index in [0.717, 1.165) is 22.3 Å². The maximum Gasteiger partial charge on any atom is 0.277 e. The molecule has 0 unspecified atom stereocenters. The van der Waals surface area contributed by atoms with E-state index < -0.39 is 0 Å². The maximum atomic E-state index is 13.6. The number of hydrogen-bond donors (Lipinski definition) is 0. The first kappa shape index (κ1) is 23.7. The second-order valence-electron chi connectivity index (χ2n) is 7.99. The number of nitrogens with zero attached hydrogens (tertiary/aromatic N) is 2. The van der Waals surface area contributed by atoms with E-state index in [0.29, 0.717) is 50.5 Å². The Morgan fingerprint density at radius 2 is 1.50 bits per heavy atom. The first-order valence-electron chi connectivity index (χ1n) is 10.9. The molecule has 0 saturated heterocycles. The molecule has 1 heterocycles. The molecule has 1 aliphatic heterocycles. The number of methoxy groups -OCH3 is 2. The average Bonchev–Trinajstić information content (AvgIpc) is 3.04. The molecule has 2 aromatic rings. The highest BCUT2D eigenvalue weighted by Gasteiger charge is 2.41. The number of carbonyl (C=O) groups excluding carboxylic acids is 2. The lowest BCUT2D eigenvalue weighted by Gasteiger charge is -2.25. The maximum absolute atomic E-state index is 13.6. The predicted octanol–water partition coefficient (Wildman–Crippen LogP) is 3.22. The molecule has 3 rings (SSSR count). The van der Waals surface area contributed by atoms with Gasteiger partial charge in [-0.1, -0.05) is 48.5 Å². The summed E-state index contributed by atoms with van der Waals surface area (Å²) in [7, 11) is 3.25. The van der Waals surface area contributed by atoms with Gasteiger partial charge in [-0.25, -0.2) is 0 Å². The number of ether oxygens (including phenoxy) is 2. The fourth-order valence-electron chi connectivity index (χ4n) is 3.84. The van der Waals surface area contributed by atoms with Gasteiger partial charge in [0.1, 0.15) is 5.70 Å². The summed E-state index contributed by atoms with van der Waals surface area (Å²) in [5, 5.41) is 0.